The van der Waals surface area contributed by atoms with Gasteiger partial charge in [0, 0.05) is 31.9 Å². The second kappa shape index (κ2) is 9.87. The summed E-state index contributed by atoms with van der Waals surface area (Å²) in [6.45, 7) is 4.21. The fourth-order valence-corrected chi connectivity index (χ4v) is 3.12. The Balaban J connectivity index is 1.44. The highest BCUT2D eigenvalue weighted by molar-refractivity contribution is 5.67. The van der Waals surface area contributed by atoms with Crippen LogP contribution in [0, 0.1) is 5.82 Å². The molecule has 150 valence electrons. The number of carbonyl (C=O) groups excluding carboxylic acids is 1. The molecule has 28 heavy (non-hydrogen) atoms. The molecule has 2 heterocycles. The number of halogens is 1. The lowest BCUT2D eigenvalue weighted by molar-refractivity contribution is 0.0983. The van der Waals surface area contributed by atoms with Crippen LogP contribution in [-0.2, 0) is 11.2 Å². The highest BCUT2D eigenvalue weighted by atomic mass is 19.1. The summed E-state index contributed by atoms with van der Waals surface area (Å²) < 4.78 is 18.0. The van der Waals surface area contributed by atoms with Crippen LogP contribution in [0.15, 0.2) is 36.5 Å². The van der Waals surface area contributed by atoms with Gasteiger partial charge in [0.15, 0.2) is 0 Å². The summed E-state index contributed by atoms with van der Waals surface area (Å²) in [7, 11) is 0. The number of nitrogens with zero attached hydrogens (tertiary/aromatic N) is 3. The maximum absolute atomic E-state index is 12.9. The molecule has 3 rings (SSSR count). The first-order chi connectivity index (χ1) is 13.6. The molecule has 0 radical (unpaired) electrons. The van der Waals surface area contributed by atoms with E-state index in [9.17, 15) is 9.18 Å². The van der Waals surface area contributed by atoms with E-state index in [4.69, 9.17) is 4.74 Å². The number of hydrogen-bond donors (Lipinski definition) is 2. The van der Waals surface area contributed by atoms with E-state index in [0.29, 0.717) is 32.2 Å². The van der Waals surface area contributed by atoms with Crippen molar-refractivity contribution in [3.8, 4) is 0 Å². The van der Waals surface area contributed by atoms with Gasteiger partial charge in [-0.15, -0.1) is 0 Å². The summed E-state index contributed by atoms with van der Waals surface area (Å²) in [4.78, 5) is 22.2. The van der Waals surface area contributed by atoms with Crippen molar-refractivity contribution in [1.29, 1.82) is 0 Å². The zero-order valence-corrected chi connectivity index (χ0v) is 16.0. The topological polar surface area (TPSA) is 79.4 Å². The van der Waals surface area contributed by atoms with Gasteiger partial charge in [0.2, 0.25) is 5.95 Å². The predicted octanol–water partition coefficient (Wildman–Crippen LogP) is 3.30. The molecule has 0 spiro atoms. The molecular formula is C20H26FN5O2. The van der Waals surface area contributed by atoms with Crippen LogP contribution in [0.5, 0.6) is 0 Å². The molecule has 1 saturated heterocycles. The van der Waals surface area contributed by atoms with Crippen molar-refractivity contribution in [2.24, 2.45) is 0 Å². The predicted molar refractivity (Wildman–Crippen MR) is 106 cm³/mol. The zero-order chi connectivity index (χ0) is 19.8. The van der Waals surface area contributed by atoms with Crippen LogP contribution < -0.4 is 10.6 Å². The molecule has 0 saturated carbocycles. The van der Waals surface area contributed by atoms with Gasteiger partial charge >= 0.3 is 6.09 Å². The zero-order valence-electron chi connectivity index (χ0n) is 16.0. The molecule has 0 unspecified atom stereocenters. The van der Waals surface area contributed by atoms with Gasteiger partial charge in [0.1, 0.15) is 11.6 Å². The van der Waals surface area contributed by atoms with Crippen molar-refractivity contribution in [3.05, 3.63) is 47.9 Å². The smallest absolute Gasteiger partial charge is 0.409 e. The largest absolute Gasteiger partial charge is 0.450 e. The molecule has 0 atom stereocenters. The number of benzene rings is 1. The first-order valence-corrected chi connectivity index (χ1v) is 9.63. The molecule has 2 aromatic rings. The Morgan fingerprint density at radius 3 is 2.71 bits per heavy atom. The molecule has 0 bridgehead atoms. The van der Waals surface area contributed by atoms with E-state index >= 15 is 0 Å². The van der Waals surface area contributed by atoms with Gasteiger partial charge < -0.3 is 20.3 Å². The maximum atomic E-state index is 12.9. The highest BCUT2D eigenvalue weighted by Crippen LogP contribution is 2.16. The lowest BCUT2D eigenvalue weighted by atomic mass is 10.1. The second-order valence-electron chi connectivity index (χ2n) is 6.67. The number of hydrogen-bond acceptors (Lipinski definition) is 6. The summed E-state index contributed by atoms with van der Waals surface area (Å²) in [5.41, 5.74) is 1.05. The molecule has 1 fully saturated rings. The standard InChI is InChI=1S/C20H26FN5O2/c1-2-28-20(27)26-13-9-17(10-14-26)24-18-8-12-23-19(25-18)22-11-7-15-3-5-16(21)6-4-15/h3-6,8,12,17H,2,7,9-11,13-14H2,1H3,(H2,22,23,24,25). The fraction of sp³-hybridized carbons (Fsp3) is 0.450. The fourth-order valence-electron chi connectivity index (χ4n) is 3.12. The van der Waals surface area contributed by atoms with E-state index < -0.39 is 0 Å². The van der Waals surface area contributed by atoms with Crippen molar-refractivity contribution in [1.82, 2.24) is 14.9 Å². The summed E-state index contributed by atoms with van der Waals surface area (Å²) in [6.07, 6.45) is 3.92. The van der Waals surface area contributed by atoms with E-state index in [1.54, 1.807) is 23.2 Å². The third-order valence-electron chi connectivity index (χ3n) is 4.64. The van der Waals surface area contributed by atoms with Gasteiger partial charge in [-0.1, -0.05) is 12.1 Å². The minimum atomic E-state index is -0.240. The van der Waals surface area contributed by atoms with Crippen LogP contribution in [0.25, 0.3) is 0 Å². The van der Waals surface area contributed by atoms with E-state index in [-0.39, 0.29) is 18.0 Å². The third-order valence-corrected chi connectivity index (χ3v) is 4.64. The molecular weight excluding hydrogens is 361 g/mol. The van der Waals surface area contributed by atoms with Crippen molar-refractivity contribution in [2.75, 3.05) is 36.9 Å². The molecule has 1 amide bonds. The monoisotopic (exact) mass is 387 g/mol. The number of aromatic nitrogens is 2. The third kappa shape index (κ3) is 5.80. The molecule has 8 heteroatoms. The molecule has 7 nitrogen and oxygen atoms in total. The van der Waals surface area contributed by atoms with Crippen molar-refractivity contribution < 1.29 is 13.9 Å². The lowest BCUT2D eigenvalue weighted by Crippen LogP contribution is -2.42. The summed E-state index contributed by atoms with van der Waals surface area (Å²) >= 11 is 0. The average Bonchev–Trinajstić information content (AvgIpc) is 2.71. The number of likely N-dealkylation sites (tertiary alicyclic amines) is 1. The van der Waals surface area contributed by atoms with Crippen molar-refractivity contribution in [2.45, 2.75) is 32.2 Å². The second-order valence-corrected chi connectivity index (χ2v) is 6.67. The highest BCUT2D eigenvalue weighted by Gasteiger charge is 2.23. The Morgan fingerprint density at radius 1 is 1.25 bits per heavy atom. The Labute approximate surface area is 164 Å². The maximum Gasteiger partial charge on any atom is 0.409 e. The first-order valence-electron chi connectivity index (χ1n) is 9.63. The number of piperidine rings is 1. The Bertz CT molecular complexity index is 763. The van der Waals surface area contributed by atoms with Gasteiger partial charge in [-0.3, -0.25) is 0 Å². The number of ether oxygens (including phenoxy) is 1. The van der Waals surface area contributed by atoms with Crippen LogP contribution in [0.3, 0.4) is 0 Å². The molecule has 2 N–H and O–H groups in total. The average molecular weight is 387 g/mol. The molecule has 1 aromatic heterocycles. The number of nitrogens with one attached hydrogen (secondary N) is 2. The number of rotatable bonds is 7. The Morgan fingerprint density at radius 2 is 2.00 bits per heavy atom. The van der Waals surface area contributed by atoms with E-state index in [1.165, 1.54) is 12.1 Å². The van der Waals surface area contributed by atoms with Gasteiger partial charge in [0.05, 0.1) is 6.61 Å². The molecule has 1 aliphatic heterocycles. The lowest BCUT2D eigenvalue weighted by Gasteiger charge is -2.31. The summed E-state index contributed by atoms with van der Waals surface area (Å²) in [5, 5.41) is 6.61. The van der Waals surface area contributed by atoms with E-state index in [1.807, 2.05) is 13.0 Å². The normalized spacial score (nSPS) is 14.6. The quantitative estimate of drug-likeness (QED) is 0.759. The summed E-state index contributed by atoms with van der Waals surface area (Å²) in [5.74, 6) is 1.08. The van der Waals surface area contributed by atoms with Gasteiger partial charge in [0.25, 0.3) is 0 Å². The molecule has 1 aliphatic rings. The van der Waals surface area contributed by atoms with Crippen molar-refractivity contribution >= 4 is 17.9 Å². The van der Waals surface area contributed by atoms with E-state index in [2.05, 4.69) is 20.6 Å². The van der Waals surface area contributed by atoms with Gasteiger partial charge in [-0.2, -0.15) is 4.98 Å². The summed E-state index contributed by atoms with van der Waals surface area (Å²) in [6, 6.07) is 8.57. The van der Waals surface area contributed by atoms with Crippen LogP contribution >= 0.6 is 0 Å². The Kier molecular flexibility index (Phi) is 7.00. The van der Waals surface area contributed by atoms with Gasteiger partial charge in [-0.25, -0.2) is 14.2 Å². The SMILES string of the molecule is CCOC(=O)N1CCC(Nc2ccnc(NCCc3ccc(F)cc3)n2)CC1. The molecule has 0 aliphatic carbocycles. The Hall–Kier alpha value is -2.90. The van der Waals surface area contributed by atoms with Crippen LogP contribution in [-0.4, -0.2) is 53.2 Å². The molecule has 1 aromatic carbocycles. The number of amides is 1. The minimum absolute atomic E-state index is 0.230. The number of carbonyl (C=O) groups is 1. The first kappa shape index (κ1) is 19.9. The minimum Gasteiger partial charge on any atom is -0.450 e. The van der Waals surface area contributed by atoms with Crippen LogP contribution in [0.2, 0.25) is 0 Å². The van der Waals surface area contributed by atoms with Crippen molar-refractivity contribution in [3.63, 3.8) is 0 Å². The van der Waals surface area contributed by atoms with Crippen LogP contribution in [0.1, 0.15) is 25.3 Å². The number of anilines is 2. The van der Waals surface area contributed by atoms with Gasteiger partial charge in [-0.05, 0) is 49.9 Å². The van der Waals surface area contributed by atoms with E-state index in [0.717, 1.165) is 30.6 Å². The van der Waals surface area contributed by atoms with Crippen LogP contribution in [0.4, 0.5) is 21.0 Å².